The van der Waals surface area contributed by atoms with Gasteiger partial charge in [-0.1, -0.05) is 11.3 Å². The van der Waals surface area contributed by atoms with Crippen LogP contribution in [0.1, 0.15) is 6.92 Å². The van der Waals surface area contributed by atoms with Crippen molar-refractivity contribution in [2.75, 3.05) is 31.1 Å². The molecule has 1 fully saturated rings. The van der Waals surface area contributed by atoms with E-state index in [1.165, 1.54) is 33.0 Å². The van der Waals surface area contributed by atoms with E-state index in [9.17, 15) is 18.0 Å². The third-order valence-corrected chi connectivity index (χ3v) is 4.56. The molecule has 6 nitrogen and oxygen atoms in total. The molecule has 3 rings (SSSR count). The maximum atomic E-state index is 12.5. The van der Waals surface area contributed by atoms with Crippen LogP contribution >= 0.6 is 11.3 Å². The minimum atomic E-state index is -4.19. The Labute approximate surface area is 127 Å². The zero-order chi connectivity index (χ0) is 15.9. The van der Waals surface area contributed by atoms with Gasteiger partial charge in [0.25, 0.3) is 5.56 Å². The Morgan fingerprint density at radius 3 is 2.82 bits per heavy atom. The van der Waals surface area contributed by atoms with Gasteiger partial charge in [-0.05, 0) is 6.92 Å². The first-order valence-corrected chi connectivity index (χ1v) is 7.56. The first-order chi connectivity index (χ1) is 10.3. The molecule has 0 bridgehead atoms. The molecule has 1 unspecified atom stereocenters. The number of rotatable bonds is 2. The van der Waals surface area contributed by atoms with E-state index in [1.807, 2.05) is 4.90 Å². The lowest BCUT2D eigenvalue weighted by Gasteiger charge is -2.39. The Balaban J connectivity index is 1.77. The van der Waals surface area contributed by atoms with E-state index in [2.05, 4.69) is 10.1 Å². The van der Waals surface area contributed by atoms with Gasteiger partial charge in [0.05, 0.1) is 6.54 Å². The summed E-state index contributed by atoms with van der Waals surface area (Å²) in [7, 11) is 0. The molecule has 0 radical (unpaired) electrons. The number of hydrogen-bond acceptors (Lipinski definition) is 6. The average Bonchev–Trinajstić information content (AvgIpc) is 2.85. The van der Waals surface area contributed by atoms with Crippen molar-refractivity contribution in [3.05, 3.63) is 22.6 Å². The molecule has 0 spiro atoms. The first-order valence-electron chi connectivity index (χ1n) is 6.74. The minimum absolute atomic E-state index is 0.243. The molecule has 0 aliphatic carbocycles. The summed E-state index contributed by atoms with van der Waals surface area (Å²) in [5, 5.41) is 4.82. The largest absolute Gasteiger partial charge is 0.401 e. The Hall–Kier alpha value is -1.68. The van der Waals surface area contributed by atoms with Crippen molar-refractivity contribution in [1.29, 1.82) is 0 Å². The van der Waals surface area contributed by atoms with Gasteiger partial charge < -0.3 is 4.90 Å². The highest BCUT2D eigenvalue weighted by Gasteiger charge is 2.35. The number of aromatic nitrogens is 3. The summed E-state index contributed by atoms with van der Waals surface area (Å²) < 4.78 is 38.7. The molecule has 1 atom stereocenters. The van der Waals surface area contributed by atoms with E-state index in [0.717, 1.165) is 0 Å². The van der Waals surface area contributed by atoms with Gasteiger partial charge in [0.2, 0.25) is 10.1 Å². The quantitative estimate of drug-likeness (QED) is 0.827. The lowest BCUT2D eigenvalue weighted by Crippen LogP contribution is -2.54. The van der Waals surface area contributed by atoms with Crippen LogP contribution in [-0.2, 0) is 0 Å². The van der Waals surface area contributed by atoms with Crippen molar-refractivity contribution in [3.63, 3.8) is 0 Å². The van der Waals surface area contributed by atoms with Crippen LogP contribution in [0.15, 0.2) is 17.1 Å². The Morgan fingerprint density at radius 1 is 1.41 bits per heavy atom. The van der Waals surface area contributed by atoms with E-state index in [1.54, 1.807) is 6.92 Å². The molecule has 1 aliphatic rings. The zero-order valence-corrected chi connectivity index (χ0v) is 12.6. The van der Waals surface area contributed by atoms with Crippen molar-refractivity contribution in [1.82, 2.24) is 19.5 Å². The normalized spacial score (nSPS) is 20.7. The lowest BCUT2D eigenvalue weighted by atomic mass is 10.2. The number of piperazine rings is 1. The van der Waals surface area contributed by atoms with Crippen LogP contribution in [0.2, 0.25) is 0 Å². The molecule has 2 aromatic rings. The highest BCUT2D eigenvalue weighted by molar-refractivity contribution is 7.20. The maximum absolute atomic E-state index is 12.5. The fraction of sp³-hybridized carbons (Fsp3) is 0.583. The first kappa shape index (κ1) is 15.2. The molecule has 1 aliphatic heterocycles. The molecule has 3 heterocycles. The van der Waals surface area contributed by atoms with Gasteiger partial charge in [-0.25, -0.2) is 4.98 Å². The molecule has 0 amide bonds. The number of anilines is 1. The van der Waals surface area contributed by atoms with Crippen molar-refractivity contribution in [2.45, 2.75) is 19.1 Å². The van der Waals surface area contributed by atoms with Crippen LogP contribution in [0.5, 0.6) is 0 Å². The number of halogens is 3. The average molecular weight is 333 g/mol. The number of hydrogen-bond donors (Lipinski definition) is 0. The summed E-state index contributed by atoms with van der Waals surface area (Å²) in [5.74, 6) is 0. The fourth-order valence-corrected chi connectivity index (χ4v) is 3.41. The third-order valence-electron chi connectivity index (χ3n) is 3.58. The van der Waals surface area contributed by atoms with E-state index in [0.29, 0.717) is 29.7 Å². The number of nitrogens with zero attached hydrogens (tertiary/aromatic N) is 5. The van der Waals surface area contributed by atoms with Gasteiger partial charge in [0.15, 0.2) is 0 Å². The van der Waals surface area contributed by atoms with Crippen LogP contribution < -0.4 is 10.5 Å². The fourth-order valence-electron chi connectivity index (χ4n) is 2.50. The van der Waals surface area contributed by atoms with Gasteiger partial charge in [-0.3, -0.25) is 9.69 Å². The second-order valence-electron chi connectivity index (χ2n) is 5.24. The van der Waals surface area contributed by atoms with E-state index < -0.39 is 12.7 Å². The highest BCUT2D eigenvalue weighted by Crippen LogP contribution is 2.25. The molecular formula is C12H14F3N5OS. The van der Waals surface area contributed by atoms with E-state index in [-0.39, 0.29) is 11.6 Å². The molecule has 0 N–H and O–H groups in total. The van der Waals surface area contributed by atoms with Crippen LogP contribution in [0.3, 0.4) is 0 Å². The van der Waals surface area contributed by atoms with Gasteiger partial charge in [-0.2, -0.15) is 17.7 Å². The van der Waals surface area contributed by atoms with Crippen molar-refractivity contribution in [2.24, 2.45) is 0 Å². The Kier molecular flexibility index (Phi) is 3.81. The Bertz CT molecular complexity index is 727. The standard InChI is InChI=1S/C12H14F3N5OS/c1-8-6-18(4-5-19(8)7-12(13,14)15)11-17-20-9(21)2-3-16-10(20)22-11/h2-3,8H,4-7H2,1H3. The predicted molar refractivity (Wildman–Crippen MR) is 76.4 cm³/mol. The van der Waals surface area contributed by atoms with E-state index >= 15 is 0 Å². The van der Waals surface area contributed by atoms with Gasteiger partial charge in [-0.15, -0.1) is 5.10 Å². The summed E-state index contributed by atoms with van der Waals surface area (Å²) >= 11 is 1.26. The predicted octanol–water partition coefficient (Wildman–Crippen LogP) is 1.22. The molecule has 0 aromatic carbocycles. The molecule has 2 aromatic heterocycles. The number of fused-ring (bicyclic) bond motifs is 1. The van der Waals surface area contributed by atoms with Crippen LogP contribution in [-0.4, -0.2) is 57.9 Å². The second-order valence-corrected chi connectivity index (χ2v) is 6.18. The lowest BCUT2D eigenvalue weighted by molar-refractivity contribution is -0.150. The summed E-state index contributed by atoms with van der Waals surface area (Å²) in [6, 6.07) is 1.08. The highest BCUT2D eigenvalue weighted by atomic mass is 32.1. The van der Waals surface area contributed by atoms with Crippen molar-refractivity contribution >= 4 is 21.4 Å². The summed E-state index contributed by atoms with van der Waals surface area (Å²) in [6.07, 6.45) is -2.77. The van der Waals surface area contributed by atoms with Crippen molar-refractivity contribution in [3.8, 4) is 0 Å². The SMILES string of the molecule is CC1CN(c2nn3c(=O)ccnc3s2)CCN1CC(F)(F)F. The van der Waals surface area contributed by atoms with Crippen LogP contribution in [0.4, 0.5) is 18.3 Å². The third kappa shape index (κ3) is 3.07. The maximum Gasteiger partial charge on any atom is 0.401 e. The molecule has 22 heavy (non-hydrogen) atoms. The van der Waals surface area contributed by atoms with Crippen molar-refractivity contribution < 1.29 is 13.2 Å². The summed E-state index contributed by atoms with van der Waals surface area (Å²) in [5.41, 5.74) is -0.267. The van der Waals surface area contributed by atoms with Crippen LogP contribution in [0, 0.1) is 0 Å². The van der Waals surface area contributed by atoms with E-state index in [4.69, 9.17) is 0 Å². The monoisotopic (exact) mass is 333 g/mol. The minimum Gasteiger partial charge on any atom is -0.344 e. The zero-order valence-electron chi connectivity index (χ0n) is 11.7. The van der Waals surface area contributed by atoms with Gasteiger partial charge in [0.1, 0.15) is 0 Å². The molecule has 1 saturated heterocycles. The topological polar surface area (TPSA) is 53.7 Å². The summed E-state index contributed by atoms with van der Waals surface area (Å²) in [4.78, 5) is 19.5. The summed E-state index contributed by atoms with van der Waals surface area (Å²) in [6.45, 7) is 2.04. The van der Waals surface area contributed by atoms with Crippen LogP contribution in [0.25, 0.3) is 4.96 Å². The van der Waals surface area contributed by atoms with Gasteiger partial charge >= 0.3 is 6.18 Å². The number of alkyl halides is 3. The molecule has 120 valence electrons. The molecular weight excluding hydrogens is 319 g/mol. The second kappa shape index (κ2) is 5.51. The van der Waals surface area contributed by atoms with Gasteiger partial charge in [0, 0.05) is 37.9 Å². The Morgan fingerprint density at radius 2 is 2.18 bits per heavy atom. The molecule has 0 saturated carbocycles. The molecule has 10 heteroatoms. The smallest absolute Gasteiger partial charge is 0.344 e.